The summed E-state index contributed by atoms with van der Waals surface area (Å²) in [5.41, 5.74) is -0.0813. The normalized spacial score (nSPS) is 10.4. The number of carbonyl (C=O) groups excluding carboxylic acids is 2. The van der Waals surface area contributed by atoms with Crippen LogP contribution in [-0.2, 0) is 0 Å². The Kier molecular flexibility index (Phi) is 8.31. The van der Waals surface area contributed by atoms with Gasteiger partial charge in [0.05, 0.1) is 6.61 Å². The predicted molar refractivity (Wildman–Crippen MR) is 83.5 cm³/mol. The summed E-state index contributed by atoms with van der Waals surface area (Å²) in [6, 6.07) is 2.82. The van der Waals surface area contributed by atoms with Gasteiger partial charge in [0.1, 0.15) is 17.1 Å². The van der Waals surface area contributed by atoms with Gasteiger partial charge >= 0.3 is 0 Å². The van der Waals surface area contributed by atoms with E-state index in [1.165, 1.54) is 37.8 Å². The third-order valence-corrected chi connectivity index (χ3v) is 3.36. The highest BCUT2D eigenvalue weighted by atomic mass is 35.5. The number of carbonyl (C=O) groups is 2. The molecule has 1 rings (SSSR count). The molecule has 0 fully saturated rings. The molecular formula is C15H19Cl2NO3. The molecule has 6 heteroatoms. The molecule has 4 nitrogen and oxygen atoms in total. The topological polar surface area (TPSA) is 56.3 Å². The van der Waals surface area contributed by atoms with Crippen molar-refractivity contribution in [1.82, 2.24) is 4.98 Å². The number of pyridine rings is 1. The molecule has 1 aromatic heterocycles. The van der Waals surface area contributed by atoms with E-state index in [2.05, 4.69) is 11.9 Å². The Bertz CT molecular complexity index is 460. The smallest absolute Gasteiger partial charge is 0.270 e. The summed E-state index contributed by atoms with van der Waals surface area (Å²) >= 11 is 10.7. The van der Waals surface area contributed by atoms with Crippen molar-refractivity contribution < 1.29 is 14.3 Å². The van der Waals surface area contributed by atoms with Gasteiger partial charge in [0.15, 0.2) is 0 Å². The van der Waals surface area contributed by atoms with Gasteiger partial charge in [0, 0.05) is 12.1 Å². The Morgan fingerprint density at radius 2 is 1.52 bits per heavy atom. The SMILES string of the molecule is CCCCCCCCOc1cc(C(=O)Cl)nc(C(=O)Cl)c1. The van der Waals surface area contributed by atoms with Crippen LogP contribution in [0.3, 0.4) is 0 Å². The second kappa shape index (κ2) is 9.74. The summed E-state index contributed by atoms with van der Waals surface area (Å²) < 4.78 is 5.53. The second-order valence-corrected chi connectivity index (χ2v) is 5.42. The highest BCUT2D eigenvalue weighted by molar-refractivity contribution is 6.68. The van der Waals surface area contributed by atoms with E-state index in [1.54, 1.807) is 0 Å². The zero-order valence-electron chi connectivity index (χ0n) is 12.0. The fraction of sp³-hybridized carbons (Fsp3) is 0.533. The van der Waals surface area contributed by atoms with Crippen molar-refractivity contribution >= 4 is 33.7 Å². The molecule has 0 amide bonds. The van der Waals surface area contributed by atoms with Crippen LogP contribution >= 0.6 is 23.2 Å². The molecule has 0 bridgehead atoms. The van der Waals surface area contributed by atoms with Crippen molar-refractivity contribution in [2.24, 2.45) is 0 Å². The van der Waals surface area contributed by atoms with Gasteiger partial charge in [-0.3, -0.25) is 9.59 Å². The van der Waals surface area contributed by atoms with Gasteiger partial charge in [-0.25, -0.2) is 4.98 Å². The largest absolute Gasteiger partial charge is 0.493 e. The molecule has 0 unspecified atom stereocenters. The first kappa shape index (κ1) is 17.9. The van der Waals surface area contributed by atoms with Gasteiger partial charge in [-0.1, -0.05) is 39.0 Å². The zero-order chi connectivity index (χ0) is 15.7. The highest BCUT2D eigenvalue weighted by Crippen LogP contribution is 2.18. The maximum atomic E-state index is 11.1. The van der Waals surface area contributed by atoms with Crippen molar-refractivity contribution in [3.05, 3.63) is 23.5 Å². The number of nitrogens with zero attached hydrogens (tertiary/aromatic N) is 1. The van der Waals surface area contributed by atoms with E-state index in [0.717, 1.165) is 12.8 Å². The molecule has 116 valence electrons. The van der Waals surface area contributed by atoms with E-state index < -0.39 is 10.5 Å². The first-order valence-corrected chi connectivity index (χ1v) is 7.84. The van der Waals surface area contributed by atoms with Crippen LogP contribution in [0.25, 0.3) is 0 Å². The Morgan fingerprint density at radius 1 is 1.00 bits per heavy atom. The van der Waals surface area contributed by atoms with Crippen molar-refractivity contribution in [3.63, 3.8) is 0 Å². The standard InChI is InChI=1S/C15H19Cl2NO3/c1-2-3-4-5-6-7-8-21-11-9-12(14(16)19)18-13(10-11)15(17)20/h9-10H,2-8H2,1H3. The minimum Gasteiger partial charge on any atom is -0.493 e. The van der Waals surface area contributed by atoms with E-state index >= 15 is 0 Å². The number of hydrogen-bond acceptors (Lipinski definition) is 4. The van der Waals surface area contributed by atoms with Crippen molar-refractivity contribution in [3.8, 4) is 5.75 Å². The lowest BCUT2D eigenvalue weighted by molar-refractivity contribution is 0.107. The Balaban J connectivity index is 2.50. The number of unbranched alkanes of at least 4 members (excludes halogenated alkanes) is 5. The second-order valence-electron chi connectivity index (χ2n) is 4.74. The number of hydrogen-bond donors (Lipinski definition) is 0. The molecule has 0 spiro atoms. The van der Waals surface area contributed by atoms with E-state index in [9.17, 15) is 9.59 Å². The molecule has 0 saturated heterocycles. The third-order valence-electron chi connectivity index (χ3n) is 2.97. The van der Waals surface area contributed by atoms with Crippen molar-refractivity contribution in [1.29, 1.82) is 0 Å². The molecule has 1 aromatic rings. The molecule has 0 atom stereocenters. The van der Waals surface area contributed by atoms with Gasteiger partial charge in [-0.2, -0.15) is 0 Å². The minimum absolute atomic E-state index is 0.0406. The van der Waals surface area contributed by atoms with Gasteiger partial charge in [-0.15, -0.1) is 0 Å². The third kappa shape index (κ3) is 6.91. The van der Waals surface area contributed by atoms with Crippen LogP contribution in [0.15, 0.2) is 12.1 Å². The van der Waals surface area contributed by atoms with Crippen LogP contribution in [0, 0.1) is 0 Å². The van der Waals surface area contributed by atoms with Crippen LogP contribution in [0.2, 0.25) is 0 Å². The van der Waals surface area contributed by atoms with Gasteiger partial charge < -0.3 is 4.74 Å². The number of rotatable bonds is 10. The summed E-state index contributed by atoms with van der Waals surface area (Å²) in [7, 11) is 0. The molecular weight excluding hydrogens is 313 g/mol. The fourth-order valence-electron chi connectivity index (χ4n) is 1.86. The minimum atomic E-state index is -0.751. The van der Waals surface area contributed by atoms with E-state index in [1.807, 2.05) is 0 Å². The summed E-state index contributed by atoms with van der Waals surface area (Å²) in [6.07, 6.45) is 6.91. The lowest BCUT2D eigenvalue weighted by Gasteiger charge is -2.08. The lowest BCUT2D eigenvalue weighted by Crippen LogP contribution is -2.05. The highest BCUT2D eigenvalue weighted by Gasteiger charge is 2.12. The van der Waals surface area contributed by atoms with Crippen LogP contribution < -0.4 is 4.74 Å². The fourth-order valence-corrected chi connectivity index (χ4v) is 2.06. The average Bonchev–Trinajstić information content (AvgIpc) is 2.46. The Labute approximate surface area is 134 Å². The zero-order valence-corrected chi connectivity index (χ0v) is 13.5. The summed E-state index contributed by atoms with van der Waals surface area (Å²) in [6.45, 7) is 2.69. The average molecular weight is 332 g/mol. The quantitative estimate of drug-likeness (QED) is 0.465. The van der Waals surface area contributed by atoms with Crippen LogP contribution in [0.5, 0.6) is 5.75 Å². The van der Waals surface area contributed by atoms with Crippen molar-refractivity contribution in [2.75, 3.05) is 6.61 Å². The van der Waals surface area contributed by atoms with Crippen molar-refractivity contribution in [2.45, 2.75) is 45.4 Å². The van der Waals surface area contributed by atoms with Gasteiger partial charge in [0.25, 0.3) is 10.5 Å². The number of aromatic nitrogens is 1. The maximum absolute atomic E-state index is 11.1. The molecule has 0 aromatic carbocycles. The monoisotopic (exact) mass is 331 g/mol. The molecule has 0 aliphatic rings. The molecule has 0 saturated carbocycles. The maximum Gasteiger partial charge on any atom is 0.270 e. The van der Waals surface area contributed by atoms with E-state index in [4.69, 9.17) is 27.9 Å². The number of halogens is 2. The molecule has 0 aliphatic heterocycles. The van der Waals surface area contributed by atoms with Crippen LogP contribution in [0.1, 0.15) is 66.4 Å². The van der Waals surface area contributed by atoms with Gasteiger partial charge in [-0.05, 0) is 29.6 Å². The first-order valence-electron chi connectivity index (χ1n) is 7.09. The van der Waals surface area contributed by atoms with Crippen LogP contribution in [-0.4, -0.2) is 22.1 Å². The molecule has 21 heavy (non-hydrogen) atoms. The summed E-state index contributed by atoms with van der Waals surface area (Å²) in [4.78, 5) is 26.1. The molecule has 0 N–H and O–H groups in total. The Hall–Kier alpha value is -1.13. The summed E-state index contributed by atoms with van der Waals surface area (Å²) in [5.74, 6) is 0.381. The molecule has 0 radical (unpaired) electrons. The van der Waals surface area contributed by atoms with Gasteiger partial charge in [0.2, 0.25) is 0 Å². The lowest BCUT2D eigenvalue weighted by atomic mass is 10.1. The number of ether oxygens (including phenoxy) is 1. The molecule has 0 aliphatic carbocycles. The van der Waals surface area contributed by atoms with Crippen LogP contribution in [0.4, 0.5) is 0 Å². The van der Waals surface area contributed by atoms with E-state index in [0.29, 0.717) is 12.4 Å². The Morgan fingerprint density at radius 3 is 2.05 bits per heavy atom. The van der Waals surface area contributed by atoms with E-state index in [-0.39, 0.29) is 11.4 Å². The first-order chi connectivity index (χ1) is 10.0. The predicted octanol–water partition coefficient (Wildman–Crippen LogP) is 4.58. The molecule has 1 heterocycles. The summed E-state index contributed by atoms with van der Waals surface area (Å²) in [5, 5.41) is -1.50.